The third-order valence-corrected chi connectivity index (χ3v) is 5.95. The molecule has 1 atom stereocenters. The van der Waals surface area contributed by atoms with Crippen molar-refractivity contribution in [2.24, 2.45) is 0 Å². The summed E-state index contributed by atoms with van der Waals surface area (Å²) in [5, 5.41) is 12.2. The summed E-state index contributed by atoms with van der Waals surface area (Å²) in [6.45, 7) is 0.310. The molecule has 33 heavy (non-hydrogen) atoms. The number of nitrogens with zero attached hydrogens (tertiary/aromatic N) is 4. The summed E-state index contributed by atoms with van der Waals surface area (Å²) in [6.07, 6.45) is 7.69. The molecule has 1 amide bonds. The summed E-state index contributed by atoms with van der Waals surface area (Å²) in [4.78, 5) is 31.3. The van der Waals surface area contributed by atoms with E-state index in [4.69, 9.17) is 0 Å². The number of aromatic nitrogens is 2. The Hall–Kier alpha value is -4.01. The van der Waals surface area contributed by atoms with E-state index in [1.54, 1.807) is 29.4 Å². The van der Waals surface area contributed by atoms with Crippen molar-refractivity contribution in [3.05, 3.63) is 105 Å². The molecular formula is C24H20F2N4O3. The lowest BCUT2D eigenvalue weighted by Gasteiger charge is -2.43. The lowest BCUT2D eigenvalue weighted by atomic mass is 9.93. The van der Waals surface area contributed by atoms with Gasteiger partial charge in [-0.3, -0.25) is 24.3 Å². The third-order valence-electron chi connectivity index (χ3n) is 5.95. The number of carbonyl (C=O) groups is 1. The van der Waals surface area contributed by atoms with Crippen LogP contribution in [0, 0.1) is 11.6 Å². The second kappa shape index (κ2) is 8.16. The van der Waals surface area contributed by atoms with Crippen molar-refractivity contribution in [1.82, 2.24) is 14.6 Å². The van der Waals surface area contributed by atoms with Gasteiger partial charge in [0.15, 0.2) is 23.1 Å². The average Bonchev–Trinajstić information content (AvgIpc) is 2.84. The summed E-state index contributed by atoms with van der Waals surface area (Å²) >= 11 is 0. The smallest absolute Gasteiger partial charge is 0.278 e. The van der Waals surface area contributed by atoms with Gasteiger partial charge in [0.05, 0.1) is 5.69 Å². The molecule has 5 rings (SSSR count). The highest BCUT2D eigenvalue weighted by molar-refractivity contribution is 5.96. The SMILES string of the molecule is O=C1c2c(O)c(=O)ccn2N2CN1C/C=C\CCc1cc(F)c(F)cc1[C@@H]2c1ccccn1. The summed E-state index contributed by atoms with van der Waals surface area (Å²) in [5.41, 5.74) is 0.758. The zero-order valence-electron chi connectivity index (χ0n) is 17.5. The molecule has 0 aliphatic carbocycles. The van der Waals surface area contributed by atoms with E-state index < -0.39 is 34.8 Å². The number of aromatic hydroxyl groups is 1. The van der Waals surface area contributed by atoms with Crippen molar-refractivity contribution < 1.29 is 18.7 Å². The number of pyridine rings is 2. The van der Waals surface area contributed by atoms with Crippen LogP contribution < -0.4 is 10.4 Å². The Kier molecular flexibility index (Phi) is 5.16. The van der Waals surface area contributed by atoms with Crippen LogP contribution in [0.5, 0.6) is 5.75 Å². The zero-order chi connectivity index (χ0) is 23.1. The maximum atomic E-state index is 14.5. The van der Waals surface area contributed by atoms with Gasteiger partial charge in [0, 0.05) is 25.0 Å². The minimum absolute atomic E-state index is 0.0676. The fraction of sp³-hybridized carbons (Fsp3) is 0.208. The highest BCUT2D eigenvalue weighted by atomic mass is 19.2. The van der Waals surface area contributed by atoms with Crippen LogP contribution in [-0.2, 0) is 6.42 Å². The zero-order valence-corrected chi connectivity index (χ0v) is 17.5. The highest BCUT2D eigenvalue weighted by Crippen LogP contribution is 2.34. The molecule has 7 nitrogen and oxygen atoms in total. The van der Waals surface area contributed by atoms with Gasteiger partial charge >= 0.3 is 0 Å². The monoisotopic (exact) mass is 450 g/mol. The van der Waals surface area contributed by atoms with Crippen molar-refractivity contribution in [2.75, 3.05) is 18.2 Å². The van der Waals surface area contributed by atoms with Crippen molar-refractivity contribution in [2.45, 2.75) is 18.9 Å². The molecule has 2 aliphatic rings. The number of allylic oxidation sites excluding steroid dienone is 1. The number of hydrogen-bond donors (Lipinski definition) is 1. The highest BCUT2D eigenvalue weighted by Gasteiger charge is 2.37. The van der Waals surface area contributed by atoms with Gasteiger partial charge in [-0.2, -0.15) is 0 Å². The van der Waals surface area contributed by atoms with E-state index in [1.807, 2.05) is 12.2 Å². The standard InChI is InChI=1S/C24H20F2N4O3/c25-17-12-15-6-2-1-5-10-28-14-30(29-11-8-20(31)23(32)22(29)24(28)33)21(16(15)13-18(17)26)19-7-3-4-9-27-19/h1,3-5,7-9,11-13,21,32H,2,6,10,14H2/b5-1-/t21-/m1/s1. The maximum Gasteiger partial charge on any atom is 0.278 e. The first kappa shape index (κ1) is 20.9. The van der Waals surface area contributed by atoms with Crippen molar-refractivity contribution in [3.63, 3.8) is 0 Å². The largest absolute Gasteiger partial charge is 0.502 e. The normalized spacial score (nSPS) is 18.8. The van der Waals surface area contributed by atoms with E-state index in [0.717, 1.165) is 12.1 Å². The van der Waals surface area contributed by atoms with Crippen LogP contribution in [0.25, 0.3) is 0 Å². The Labute approximate surface area is 187 Å². The minimum Gasteiger partial charge on any atom is -0.502 e. The minimum atomic E-state index is -0.993. The summed E-state index contributed by atoms with van der Waals surface area (Å²) in [5.74, 6) is -3.10. The first-order valence-electron chi connectivity index (χ1n) is 10.5. The third kappa shape index (κ3) is 3.55. The van der Waals surface area contributed by atoms with E-state index in [1.165, 1.54) is 21.8 Å². The predicted octanol–water partition coefficient (Wildman–Crippen LogP) is 2.87. The number of rotatable bonds is 1. The van der Waals surface area contributed by atoms with E-state index in [0.29, 0.717) is 29.7 Å². The van der Waals surface area contributed by atoms with Crippen LogP contribution in [-0.4, -0.2) is 38.8 Å². The lowest BCUT2D eigenvalue weighted by Crippen LogP contribution is -2.55. The molecule has 0 saturated heterocycles. The first-order valence-corrected chi connectivity index (χ1v) is 10.5. The lowest BCUT2D eigenvalue weighted by molar-refractivity contribution is 0.0701. The molecule has 0 radical (unpaired) electrons. The van der Waals surface area contributed by atoms with Crippen LogP contribution in [0.15, 0.2) is 65.7 Å². The van der Waals surface area contributed by atoms with E-state index >= 15 is 0 Å². The molecule has 2 aromatic heterocycles. The molecule has 1 N–H and O–H groups in total. The van der Waals surface area contributed by atoms with Crippen molar-refractivity contribution in [3.8, 4) is 5.75 Å². The van der Waals surface area contributed by atoms with Crippen LogP contribution in [0.2, 0.25) is 0 Å². The second-order valence-corrected chi connectivity index (χ2v) is 7.96. The number of aryl methyl sites for hydroxylation is 1. The Bertz CT molecular complexity index is 1320. The van der Waals surface area contributed by atoms with Crippen LogP contribution in [0.1, 0.15) is 39.8 Å². The number of halogens is 2. The molecule has 9 heteroatoms. The summed E-state index contributed by atoms with van der Waals surface area (Å²) < 4.78 is 30.1. The van der Waals surface area contributed by atoms with Crippen LogP contribution in [0.4, 0.5) is 8.78 Å². The van der Waals surface area contributed by atoms with E-state index in [2.05, 4.69) is 4.98 Å². The molecule has 3 aromatic rings. The fourth-order valence-electron chi connectivity index (χ4n) is 4.38. The molecule has 4 heterocycles. The molecular weight excluding hydrogens is 430 g/mol. The van der Waals surface area contributed by atoms with Crippen LogP contribution >= 0.6 is 0 Å². The quantitative estimate of drug-likeness (QED) is 0.577. The van der Waals surface area contributed by atoms with Gasteiger partial charge in [-0.25, -0.2) is 8.78 Å². The van der Waals surface area contributed by atoms with Gasteiger partial charge < -0.3 is 10.0 Å². The van der Waals surface area contributed by atoms with Crippen molar-refractivity contribution in [1.29, 1.82) is 0 Å². The summed E-state index contributed by atoms with van der Waals surface area (Å²) in [6, 6.07) is 8.08. The predicted molar refractivity (Wildman–Crippen MR) is 116 cm³/mol. The van der Waals surface area contributed by atoms with E-state index in [9.17, 15) is 23.5 Å². The number of benzene rings is 1. The Morgan fingerprint density at radius 1 is 1.06 bits per heavy atom. The average molecular weight is 450 g/mol. The summed E-state index contributed by atoms with van der Waals surface area (Å²) in [7, 11) is 0. The topological polar surface area (TPSA) is 78.7 Å². The Morgan fingerprint density at radius 3 is 2.67 bits per heavy atom. The van der Waals surface area contributed by atoms with E-state index in [-0.39, 0.29) is 18.9 Å². The molecule has 0 fully saturated rings. The van der Waals surface area contributed by atoms with Gasteiger partial charge in [0.1, 0.15) is 12.7 Å². The van der Waals surface area contributed by atoms with Crippen molar-refractivity contribution >= 4 is 5.91 Å². The molecule has 2 aliphatic heterocycles. The Balaban J connectivity index is 1.82. The molecule has 0 saturated carbocycles. The molecule has 0 spiro atoms. The van der Waals surface area contributed by atoms with Crippen LogP contribution in [0.3, 0.4) is 0 Å². The fourth-order valence-corrected chi connectivity index (χ4v) is 4.38. The molecule has 1 aromatic carbocycles. The van der Waals surface area contributed by atoms with Gasteiger partial charge in [-0.1, -0.05) is 18.2 Å². The van der Waals surface area contributed by atoms with Gasteiger partial charge in [-0.05, 0) is 48.2 Å². The van der Waals surface area contributed by atoms with Gasteiger partial charge in [0.2, 0.25) is 5.43 Å². The molecule has 0 unspecified atom stereocenters. The Morgan fingerprint density at radius 2 is 1.88 bits per heavy atom. The van der Waals surface area contributed by atoms with Gasteiger partial charge in [-0.15, -0.1) is 0 Å². The molecule has 2 bridgehead atoms. The van der Waals surface area contributed by atoms with Gasteiger partial charge in [0.25, 0.3) is 5.91 Å². The number of hydrogen-bond acceptors (Lipinski definition) is 5. The maximum absolute atomic E-state index is 14.5. The number of fused-ring (bicyclic) bond motifs is 5. The second-order valence-electron chi connectivity index (χ2n) is 7.96. The first-order chi connectivity index (χ1) is 16.0. The number of carbonyl (C=O) groups excluding carboxylic acids is 1. The number of amides is 1. The molecule has 168 valence electrons.